The predicted octanol–water partition coefficient (Wildman–Crippen LogP) is 2.44. The average molecular weight is 404 g/mol. The molecular formula is C15H15Cl2N3O4S. The molecule has 1 amide bonds. The molecule has 0 spiro atoms. The Morgan fingerprint density at radius 3 is 2.36 bits per heavy atom. The number of carbonyl (C=O) groups excluding carboxylic acids is 1. The van der Waals surface area contributed by atoms with E-state index in [0.717, 1.165) is 0 Å². The molecule has 0 aliphatic carbocycles. The summed E-state index contributed by atoms with van der Waals surface area (Å²) in [4.78, 5) is 13.9. The van der Waals surface area contributed by atoms with E-state index in [1.165, 1.54) is 22.5 Å². The number of carbonyl (C=O) groups is 1. The highest BCUT2D eigenvalue weighted by Crippen LogP contribution is 2.27. The van der Waals surface area contributed by atoms with Gasteiger partial charge >= 0.3 is 0 Å². The van der Waals surface area contributed by atoms with Crippen LogP contribution in [0.2, 0.25) is 10.0 Å². The Hall–Kier alpha value is -1.61. The normalized spacial score (nSPS) is 16.2. The maximum atomic E-state index is 12.7. The van der Waals surface area contributed by atoms with Gasteiger partial charge in [0.05, 0.1) is 20.6 Å². The lowest BCUT2D eigenvalue weighted by atomic mass is 10.3. The van der Waals surface area contributed by atoms with Crippen LogP contribution in [0.25, 0.3) is 0 Å². The number of nitrogens with zero attached hydrogens (tertiary/aromatic N) is 3. The van der Waals surface area contributed by atoms with Crippen molar-refractivity contribution in [1.82, 2.24) is 14.4 Å². The number of piperazine rings is 1. The van der Waals surface area contributed by atoms with Gasteiger partial charge in [0.15, 0.2) is 0 Å². The Morgan fingerprint density at radius 1 is 1.12 bits per heavy atom. The highest BCUT2D eigenvalue weighted by Gasteiger charge is 2.31. The number of aromatic nitrogens is 1. The Morgan fingerprint density at radius 2 is 1.80 bits per heavy atom. The number of sulfonamides is 1. The number of rotatable bonds is 3. The van der Waals surface area contributed by atoms with Crippen LogP contribution in [-0.2, 0) is 10.0 Å². The third-order valence-corrected chi connectivity index (χ3v) is 6.53. The molecule has 3 rings (SSSR count). The lowest BCUT2D eigenvalue weighted by Gasteiger charge is -2.33. The molecule has 0 saturated carbocycles. The molecular weight excluding hydrogens is 389 g/mol. The molecule has 0 N–H and O–H groups in total. The second-order valence-corrected chi connectivity index (χ2v) is 8.36. The first kappa shape index (κ1) is 18.2. The number of hydrogen-bond acceptors (Lipinski definition) is 5. The Labute approximate surface area is 155 Å². The van der Waals surface area contributed by atoms with Gasteiger partial charge in [0.25, 0.3) is 5.91 Å². The minimum atomic E-state index is -3.69. The first-order valence-electron chi connectivity index (χ1n) is 7.47. The molecule has 1 aromatic carbocycles. The number of benzene rings is 1. The van der Waals surface area contributed by atoms with Crippen molar-refractivity contribution >= 4 is 39.1 Å². The SMILES string of the molecule is Cc1cc(C(=O)N2CCN(S(=O)(=O)c3ccc(Cl)c(Cl)c3)CC2)on1. The third kappa shape index (κ3) is 3.67. The topological polar surface area (TPSA) is 83.7 Å². The van der Waals surface area contributed by atoms with Crippen LogP contribution in [0.1, 0.15) is 16.2 Å². The summed E-state index contributed by atoms with van der Waals surface area (Å²) in [6.45, 7) is 2.61. The van der Waals surface area contributed by atoms with Gasteiger partial charge in [0.2, 0.25) is 15.8 Å². The summed E-state index contributed by atoms with van der Waals surface area (Å²) in [7, 11) is -3.69. The highest BCUT2D eigenvalue weighted by molar-refractivity contribution is 7.89. The van der Waals surface area contributed by atoms with E-state index >= 15 is 0 Å². The van der Waals surface area contributed by atoms with E-state index in [9.17, 15) is 13.2 Å². The number of halogens is 2. The predicted molar refractivity (Wildman–Crippen MR) is 92.4 cm³/mol. The summed E-state index contributed by atoms with van der Waals surface area (Å²) in [6.07, 6.45) is 0. The minimum Gasteiger partial charge on any atom is -0.351 e. The molecule has 1 fully saturated rings. The van der Waals surface area contributed by atoms with Crippen LogP contribution in [0.5, 0.6) is 0 Å². The molecule has 0 unspecified atom stereocenters. The second kappa shape index (κ2) is 6.95. The van der Waals surface area contributed by atoms with Crippen molar-refractivity contribution in [2.24, 2.45) is 0 Å². The lowest BCUT2D eigenvalue weighted by Crippen LogP contribution is -2.50. The monoisotopic (exact) mass is 403 g/mol. The standard InChI is InChI=1S/C15H15Cl2N3O4S/c1-10-8-14(24-18-10)15(21)19-4-6-20(7-5-19)25(22,23)11-2-3-12(16)13(17)9-11/h2-3,8-9H,4-7H2,1H3. The van der Waals surface area contributed by atoms with Crippen LogP contribution in [0.4, 0.5) is 0 Å². The molecule has 1 aromatic heterocycles. The average Bonchev–Trinajstić information content (AvgIpc) is 3.03. The second-order valence-electron chi connectivity index (χ2n) is 5.60. The zero-order valence-corrected chi connectivity index (χ0v) is 15.6. The van der Waals surface area contributed by atoms with Gasteiger partial charge in [-0.25, -0.2) is 8.42 Å². The quantitative estimate of drug-likeness (QED) is 0.785. The number of hydrogen-bond donors (Lipinski definition) is 0. The fraction of sp³-hybridized carbons (Fsp3) is 0.333. The van der Waals surface area contributed by atoms with Crippen LogP contribution < -0.4 is 0 Å². The molecule has 2 aromatic rings. The Kier molecular flexibility index (Phi) is 5.06. The molecule has 0 radical (unpaired) electrons. The summed E-state index contributed by atoms with van der Waals surface area (Å²) in [5, 5.41) is 4.16. The van der Waals surface area contributed by atoms with Crippen molar-refractivity contribution in [3.05, 3.63) is 45.8 Å². The zero-order chi connectivity index (χ0) is 18.2. The number of amides is 1. The van der Waals surface area contributed by atoms with Crippen molar-refractivity contribution in [1.29, 1.82) is 0 Å². The van der Waals surface area contributed by atoms with Crippen molar-refractivity contribution in [3.63, 3.8) is 0 Å². The van der Waals surface area contributed by atoms with Crippen LogP contribution in [-0.4, -0.2) is 54.9 Å². The summed E-state index contributed by atoms with van der Waals surface area (Å²) < 4.78 is 31.7. The van der Waals surface area contributed by atoms with Gasteiger partial charge < -0.3 is 9.42 Å². The van der Waals surface area contributed by atoms with Gasteiger partial charge in [-0.2, -0.15) is 4.31 Å². The van der Waals surface area contributed by atoms with Crippen molar-refractivity contribution in [3.8, 4) is 0 Å². The third-order valence-electron chi connectivity index (χ3n) is 3.89. The van der Waals surface area contributed by atoms with Gasteiger partial charge in [-0.15, -0.1) is 0 Å². The molecule has 25 heavy (non-hydrogen) atoms. The smallest absolute Gasteiger partial charge is 0.292 e. The van der Waals surface area contributed by atoms with E-state index in [2.05, 4.69) is 5.16 Å². The van der Waals surface area contributed by atoms with E-state index in [4.69, 9.17) is 27.7 Å². The van der Waals surface area contributed by atoms with E-state index in [0.29, 0.717) is 10.7 Å². The molecule has 10 heteroatoms. The molecule has 7 nitrogen and oxygen atoms in total. The van der Waals surface area contributed by atoms with Crippen molar-refractivity contribution in [2.45, 2.75) is 11.8 Å². The molecule has 1 aliphatic rings. The van der Waals surface area contributed by atoms with Crippen LogP contribution in [0.15, 0.2) is 33.7 Å². The Balaban J connectivity index is 1.71. The van der Waals surface area contributed by atoms with Gasteiger partial charge in [-0.1, -0.05) is 28.4 Å². The summed E-state index contributed by atoms with van der Waals surface area (Å²) in [5.74, 6) is -0.148. The first-order chi connectivity index (χ1) is 11.8. The first-order valence-corrected chi connectivity index (χ1v) is 9.66. The largest absolute Gasteiger partial charge is 0.351 e. The van der Waals surface area contributed by atoms with Crippen molar-refractivity contribution in [2.75, 3.05) is 26.2 Å². The molecule has 134 valence electrons. The fourth-order valence-corrected chi connectivity index (χ4v) is 4.35. The zero-order valence-electron chi connectivity index (χ0n) is 13.3. The summed E-state index contributed by atoms with van der Waals surface area (Å²) in [5.41, 5.74) is 0.615. The molecule has 1 aliphatic heterocycles. The van der Waals surface area contributed by atoms with Gasteiger partial charge in [0.1, 0.15) is 0 Å². The molecule has 0 bridgehead atoms. The van der Waals surface area contributed by atoms with Gasteiger partial charge in [-0.05, 0) is 25.1 Å². The number of aryl methyl sites for hydroxylation is 1. The van der Waals surface area contributed by atoms with E-state index < -0.39 is 10.0 Å². The maximum Gasteiger partial charge on any atom is 0.292 e. The van der Waals surface area contributed by atoms with Crippen LogP contribution >= 0.6 is 23.2 Å². The van der Waals surface area contributed by atoms with E-state index in [1.807, 2.05) is 0 Å². The highest BCUT2D eigenvalue weighted by atomic mass is 35.5. The van der Waals surface area contributed by atoms with E-state index in [-0.39, 0.29) is 47.8 Å². The molecule has 2 heterocycles. The molecule has 0 atom stereocenters. The fourth-order valence-electron chi connectivity index (χ4n) is 2.54. The van der Waals surface area contributed by atoms with Gasteiger partial charge in [0, 0.05) is 32.2 Å². The lowest BCUT2D eigenvalue weighted by molar-refractivity contribution is 0.0656. The van der Waals surface area contributed by atoms with Crippen molar-refractivity contribution < 1.29 is 17.7 Å². The van der Waals surface area contributed by atoms with E-state index in [1.54, 1.807) is 17.9 Å². The van der Waals surface area contributed by atoms with Crippen LogP contribution in [0, 0.1) is 6.92 Å². The maximum absolute atomic E-state index is 12.7. The summed E-state index contributed by atoms with van der Waals surface area (Å²) in [6, 6.07) is 5.75. The minimum absolute atomic E-state index is 0.0764. The van der Waals surface area contributed by atoms with Gasteiger partial charge in [-0.3, -0.25) is 4.79 Å². The van der Waals surface area contributed by atoms with Crippen LogP contribution in [0.3, 0.4) is 0 Å². The molecule has 1 saturated heterocycles. The summed E-state index contributed by atoms with van der Waals surface area (Å²) >= 11 is 11.7. The Bertz CT molecular complexity index is 905.